The van der Waals surface area contributed by atoms with Gasteiger partial charge in [0.2, 0.25) is 0 Å². The predicted molar refractivity (Wildman–Crippen MR) is 74.7 cm³/mol. The lowest BCUT2D eigenvalue weighted by molar-refractivity contribution is -0.137. The van der Waals surface area contributed by atoms with Gasteiger partial charge >= 0.3 is 6.18 Å². The van der Waals surface area contributed by atoms with Gasteiger partial charge in [0.1, 0.15) is 0 Å². The molecule has 0 spiro atoms. The van der Waals surface area contributed by atoms with E-state index in [9.17, 15) is 13.2 Å². The zero-order valence-electron chi connectivity index (χ0n) is 10.8. The number of rotatable bonds is 4. The molecule has 0 amide bonds. The number of nitrogens with two attached hydrogens (primary N) is 1. The molecule has 1 aromatic rings. The van der Waals surface area contributed by atoms with Gasteiger partial charge in [-0.05, 0) is 36.5 Å². The Morgan fingerprint density at radius 3 is 2.21 bits per heavy atom. The Balaban J connectivity index is 0.00000324. The van der Waals surface area contributed by atoms with E-state index in [4.69, 9.17) is 17.3 Å². The molecule has 19 heavy (non-hydrogen) atoms. The van der Waals surface area contributed by atoms with Crippen molar-refractivity contribution in [2.75, 3.05) is 0 Å². The Morgan fingerprint density at radius 2 is 1.79 bits per heavy atom. The van der Waals surface area contributed by atoms with Gasteiger partial charge in [-0.25, -0.2) is 0 Å². The fraction of sp³-hybridized carbons (Fsp3) is 0.538. The Hall–Kier alpha value is -0.450. The van der Waals surface area contributed by atoms with Crippen LogP contribution in [0.5, 0.6) is 0 Å². The van der Waals surface area contributed by atoms with E-state index < -0.39 is 11.7 Å². The van der Waals surface area contributed by atoms with Crippen LogP contribution in [0.15, 0.2) is 18.2 Å². The third-order valence-electron chi connectivity index (χ3n) is 2.78. The van der Waals surface area contributed by atoms with Crippen molar-refractivity contribution in [3.63, 3.8) is 0 Å². The highest BCUT2D eigenvalue weighted by atomic mass is 35.5. The highest BCUT2D eigenvalue weighted by molar-refractivity contribution is 6.31. The molecule has 1 atom stereocenters. The van der Waals surface area contributed by atoms with E-state index in [1.807, 2.05) is 0 Å². The molecule has 0 aromatic heterocycles. The van der Waals surface area contributed by atoms with Gasteiger partial charge in [-0.2, -0.15) is 13.2 Å². The average molecular weight is 316 g/mol. The average Bonchev–Trinajstić information content (AvgIpc) is 2.23. The van der Waals surface area contributed by atoms with Crippen LogP contribution in [0.4, 0.5) is 13.2 Å². The van der Waals surface area contributed by atoms with Crippen molar-refractivity contribution >= 4 is 24.0 Å². The van der Waals surface area contributed by atoms with Crippen molar-refractivity contribution in [2.24, 2.45) is 11.7 Å². The molecule has 0 fully saturated rings. The van der Waals surface area contributed by atoms with Crippen molar-refractivity contribution in [1.29, 1.82) is 0 Å². The Kier molecular flexibility index (Phi) is 7.19. The molecule has 0 saturated carbocycles. The number of hydrogen-bond donors (Lipinski definition) is 1. The molecule has 0 heterocycles. The zero-order chi connectivity index (χ0) is 13.9. The summed E-state index contributed by atoms with van der Waals surface area (Å²) in [5.74, 6) is 0.515. The molecule has 1 aromatic carbocycles. The molecule has 0 unspecified atom stereocenters. The van der Waals surface area contributed by atoms with E-state index in [1.54, 1.807) is 0 Å². The van der Waals surface area contributed by atoms with Crippen LogP contribution in [0.3, 0.4) is 0 Å². The van der Waals surface area contributed by atoms with Crippen molar-refractivity contribution in [3.8, 4) is 0 Å². The smallest absolute Gasteiger partial charge is 0.324 e. The summed E-state index contributed by atoms with van der Waals surface area (Å²) in [7, 11) is 0. The van der Waals surface area contributed by atoms with Gasteiger partial charge < -0.3 is 5.73 Å². The molecule has 1 nitrogen and oxygen atoms in total. The first-order chi connectivity index (χ1) is 8.21. The maximum absolute atomic E-state index is 12.5. The summed E-state index contributed by atoms with van der Waals surface area (Å²) in [5.41, 5.74) is 5.76. The first-order valence-corrected chi connectivity index (χ1v) is 6.22. The monoisotopic (exact) mass is 315 g/mol. The van der Waals surface area contributed by atoms with Gasteiger partial charge in [-0.3, -0.25) is 0 Å². The molecular weight excluding hydrogens is 298 g/mol. The minimum absolute atomic E-state index is 0. The van der Waals surface area contributed by atoms with Gasteiger partial charge in [0, 0.05) is 6.04 Å². The van der Waals surface area contributed by atoms with Crippen molar-refractivity contribution in [1.82, 2.24) is 0 Å². The largest absolute Gasteiger partial charge is 0.417 e. The topological polar surface area (TPSA) is 26.0 Å². The van der Waals surface area contributed by atoms with Crippen LogP contribution in [-0.4, -0.2) is 0 Å². The van der Waals surface area contributed by atoms with E-state index in [1.165, 1.54) is 12.1 Å². The van der Waals surface area contributed by atoms with E-state index in [2.05, 4.69) is 13.8 Å². The second kappa shape index (κ2) is 7.36. The van der Waals surface area contributed by atoms with Crippen LogP contribution < -0.4 is 5.73 Å². The SMILES string of the molecule is CC(C)CC[C@H](N)c1ccc(C(F)(F)F)c(Cl)c1.Cl. The van der Waals surface area contributed by atoms with E-state index >= 15 is 0 Å². The highest BCUT2D eigenvalue weighted by Gasteiger charge is 2.33. The fourth-order valence-corrected chi connectivity index (χ4v) is 1.97. The summed E-state index contributed by atoms with van der Waals surface area (Å²) in [4.78, 5) is 0. The fourth-order valence-electron chi connectivity index (χ4n) is 1.67. The van der Waals surface area contributed by atoms with E-state index in [-0.39, 0.29) is 23.5 Å². The molecule has 1 rings (SSSR count). The molecule has 0 aliphatic heterocycles. The third kappa shape index (κ3) is 5.59. The molecule has 2 N–H and O–H groups in total. The molecule has 6 heteroatoms. The lowest BCUT2D eigenvalue weighted by Gasteiger charge is -2.16. The summed E-state index contributed by atoms with van der Waals surface area (Å²) in [6.07, 6.45) is -2.75. The standard InChI is InChI=1S/C13H17ClF3N.ClH/c1-8(2)3-6-12(18)9-4-5-10(11(14)7-9)13(15,16)17;/h4-5,7-8,12H,3,6,18H2,1-2H3;1H/t12-;/m0./s1. The van der Waals surface area contributed by atoms with Crippen molar-refractivity contribution < 1.29 is 13.2 Å². The van der Waals surface area contributed by atoms with Crippen LogP contribution in [-0.2, 0) is 6.18 Å². The second-order valence-corrected chi connectivity index (χ2v) is 5.22. The number of halogens is 5. The minimum atomic E-state index is -4.42. The molecular formula is C13H18Cl2F3N. The van der Waals surface area contributed by atoms with Gasteiger partial charge in [0.15, 0.2) is 0 Å². The van der Waals surface area contributed by atoms with Crippen LogP contribution in [0, 0.1) is 5.92 Å². The summed E-state index contributed by atoms with van der Waals surface area (Å²) < 4.78 is 37.6. The Labute approximate surface area is 122 Å². The molecule has 0 bridgehead atoms. The number of benzene rings is 1. The van der Waals surface area contributed by atoms with E-state index in [0.29, 0.717) is 11.5 Å². The van der Waals surface area contributed by atoms with E-state index in [0.717, 1.165) is 18.9 Å². The molecule has 0 aliphatic rings. The highest BCUT2D eigenvalue weighted by Crippen LogP contribution is 2.36. The first-order valence-electron chi connectivity index (χ1n) is 5.84. The minimum Gasteiger partial charge on any atom is -0.324 e. The van der Waals surface area contributed by atoms with Gasteiger partial charge in [-0.1, -0.05) is 31.5 Å². The number of alkyl halides is 3. The lowest BCUT2D eigenvalue weighted by atomic mass is 9.97. The van der Waals surface area contributed by atoms with Crippen LogP contribution in [0.1, 0.15) is 43.9 Å². The Morgan fingerprint density at radius 1 is 1.21 bits per heavy atom. The normalized spacial score (nSPS) is 13.3. The quantitative estimate of drug-likeness (QED) is 0.810. The summed E-state index contributed by atoms with van der Waals surface area (Å²) in [5, 5.41) is -0.292. The van der Waals surface area contributed by atoms with Crippen LogP contribution in [0.25, 0.3) is 0 Å². The second-order valence-electron chi connectivity index (χ2n) is 4.81. The summed E-state index contributed by atoms with van der Waals surface area (Å²) in [6, 6.07) is 3.44. The first kappa shape index (κ1) is 18.6. The summed E-state index contributed by atoms with van der Waals surface area (Å²) >= 11 is 5.65. The summed E-state index contributed by atoms with van der Waals surface area (Å²) in [6.45, 7) is 4.15. The number of hydrogen-bond acceptors (Lipinski definition) is 1. The molecule has 110 valence electrons. The van der Waals surface area contributed by atoms with Crippen molar-refractivity contribution in [2.45, 2.75) is 38.9 Å². The Bertz CT molecular complexity index is 405. The molecule has 0 saturated heterocycles. The zero-order valence-corrected chi connectivity index (χ0v) is 12.4. The van der Waals surface area contributed by atoms with Crippen LogP contribution >= 0.6 is 24.0 Å². The molecule has 0 aliphatic carbocycles. The molecule has 0 radical (unpaired) electrons. The van der Waals surface area contributed by atoms with Gasteiger partial charge in [-0.15, -0.1) is 12.4 Å². The van der Waals surface area contributed by atoms with Gasteiger partial charge in [0.25, 0.3) is 0 Å². The van der Waals surface area contributed by atoms with Gasteiger partial charge in [0.05, 0.1) is 10.6 Å². The van der Waals surface area contributed by atoms with Crippen molar-refractivity contribution in [3.05, 3.63) is 34.3 Å². The van der Waals surface area contributed by atoms with Crippen LogP contribution in [0.2, 0.25) is 5.02 Å². The maximum Gasteiger partial charge on any atom is 0.417 e. The third-order valence-corrected chi connectivity index (χ3v) is 3.09. The lowest BCUT2D eigenvalue weighted by Crippen LogP contribution is -2.12. The predicted octanol–water partition coefficient (Wildman–Crippen LogP) is 5.22. The maximum atomic E-state index is 12.5.